The van der Waals surface area contributed by atoms with Crippen molar-refractivity contribution in [2.24, 2.45) is 10.9 Å². The van der Waals surface area contributed by atoms with E-state index in [4.69, 9.17) is 9.47 Å². The van der Waals surface area contributed by atoms with Gasteiger partial charge in [0.25, 0.3) is 0 Å². The lowest BCUT2D eigenvalue weighted by molar-refractivity contribution is 0.0936. The molecule has 1 aliphatic rings. The molecule has 2 atom stereocenters. The monoisotopic (exact) mass is 348 g/mol. The van der Waals surface area contributed by atoms with Gasteiger partial charge in [0.15, 0.2) is 17.5 Å². The van der Waals surface area contributed by atoms with Gasteiger partial charge in [0.1, 0.15) is 12.7 Å². The lowest BCUT2D eigenvalue weighted by atomic mass is 10.0. The Labute approximate surface area is 151 Å². The molecule has 6 heteroatoms. The molecular formula is C19H32N4O2. The third kappa shape index (κ3) is 6.12. The first kappa shape index (κ1) is 19.4. The quantitative estimate of drug-likeness (QED) is 0.583. The summed E-state index contributed by atoms with van der Waals surface area (Å²) in [6.45, 7) is 6.54. The van der Waals surface area contributed by atoms with Crippen molar-refractivity contribution in [1.29, 1.82) is 0 Å². The second-order valence-electron chi connectivity index (χ2n) is 7.08. The van der Waals surface area contributed by atoms with Crippen LogP contribution in [0.5, 0.6) is 11.5 Å². The van der Waals surface area contributed by atoms with Crippen LogP contribution in [-0.2, 0) is 0 Å². The Morgan fingerprint density at radius 2 is 1.96 bits per heavy atom. The summed E-state index contributed by atoms with van der Waals surface area (Å²) in [6.07, 6.45) is 1.11. The molecule has 0 bridgehead atoms. The van der Waals surface area contributed by atoms with Gasteiger partial charge in [-0.1, -0.05) is 26.0 Å². The molecule has 0 radical (unpaired) electrons. The van der Waals surface area contributed by atoms with Gasteiger partial charge in [-0.25, -0.2) is 0 Å². The normalized spacial score (nSPS) is 18.4. The number of hydrogen-bond acceptors (Lipinski definition) is 4. The zero-order valence-corrected chi connectivity index (χ0v) is 16.1. The molecule has 2 N–H and O–H groups in total. The molecule has 0 saturated heterocycles. The van der Waals surface area contributed by atoms with Crippen LogP contribution in [0.2, 0.25) is 0 Å². The van der Waals surface area contributed by atoms with E-state index in [0.717, 1.165) is 30.4 Å². The second-order valence-corrected chi connectivity index (χ2v) is 7.08. The van der Waals surface area contributed by atoms with Crippen molar-refractivity contribution in [3.63, 3.8) is 0 Å². The van der Waals surface area contributed by atoms with Gasteiger partial charge in [-0.05, 0) is 38.6 Å². The Morgan fingerprint density at radius 1 is 1.24 bits per heavy atom. The number of benzene rings is 1. The van der Waals surface area contributed by atoms with Gasteiger partial charge in [0.2, 0.25) is 0 Å². The number of nitrogens with zero attached hydrogens (tertiary/aromatic N) is 2. The van der Waals surface area contributed by atoms with E-state index in [1.165, 1.54) is 0 Å². The minimum atomic E-state index is -0.0336. The topological polar surface area (TPSA) is 58.1 Å². The first-order valence-electron chi connectivity index (χ1n) is 8.99. The number of nitrogens with one attached hydrogen (secondary N) is 2. The zero-order chi connectivity index (χ0) is 18.2. The van der Waals surface area contributed by atoms with Gasteiger partial charge in [0, 0.05) is 19.6 Å². The van der Waals surface area contributed by atoms with E-state index in [9.17, 15) is 0 Å². The Hall–Kier alpha value is -1.95. The van der Waals surface area contributed by atoms with Gasteiger partial charge in [-0.2, -0.15) is 0 Å². The van der Waals surface area contributed by atoms with Crippen LogP contribution in [0.25, 0.3) is 0 Å². The van der Waals surface area contributed by atoms with Crippen molar-refractivity contribution in [3.8, 4) is 11.5 Å². The largest absolute Gasteiger partial charge is 0.486 e. The summed E-state index contributed by atoms with van der Waals surface area (Å²) in [7, 11) is 6.03. The highest BCUT2D eigenvalue weighted by Gasteiger charge is 2.21. The van der Waals surface area contributed by atoms with Crippen molar-refractivity contribution >= 4 is 5.96 Å². The van der Waals surface area contributed by atoms with Crippen molar-refractivity contribution < 1.29 is 9.47 Å². The van der Waals surface area contributed by atoms with Gasteiger partial charge in [-0.15, -0.1) is 0 Å². The van der Waals surface area contributed by atoms with E-state index < -0.39 is 0 Å². The number of rotatable bonds is 7. The standard InChI is InChI=1S/C19H32N4O2/c1-14(2)10-15(23(4)5)11-21-19(20-3)22-12-16-13-24-17-8-6-7-9-18(17)25-16/h6-9,14-16H,10-13H2,1-5H3,(H2,20,21,22). The van der Waals surface area contributed by atoms with E-state index in [0.29, 0.717) is 25.1 Å². The third-order valence-electron chi connectivity index (χ3n) is 4.27. The first-order chi connectivity index (χ1) is 12.0. The number of ether oxygens (including phenoxy) is 2. The highest BCUT2D eigenvalue weighted by molar-refractivity contribution is 5.79. The average molecular weight is 348 g/mol. The van der Waals surface area contributed by atoms with E-state index in [1.807, 2.05) is 24.3 Å². The minimum absolute atomic E-state index is 0.0336. The first-order valence-corrected chi connectivity index (χ1v) is 8.99. The average Bonchev–Trinajstić information content (AvgIpc) is 2.60. The van der Waals surface area contributed by atoms with Crippen LogP contribution >= 0.6 is 0 Å². The molecule has 0 fully saturated rings. The van der Waals surface area contributed by atoms with Crippen molar-refractivity contribution in [1.82, 2.24) is 15.5 Å². The molecule has 1 aromatic carbocycles. The summed E-state index contributed by atoms with van der Waals surface area (Å²) >= 11 is 0. The van der Waals surface area contributed by atoms with Crippen LogP contribution in [0.3, 0.4) is 0 Å². The summed E-state index contributed by atoms with van der Waals surface area (Å²) in [4.78, 5) is 6.57. The van der Waals surface area contributed by atoms with Crippen molar-refractivity contribution in [3.05, 3.63) is 24.3 Å². The van der Waals surface area contributed by atoms with Crippen LogP contribution in [-0.4, -0.2) is 63.8 Å². The summed E-state index contributed by atoms with van der Waals surface area (Å²) in [6, 6.07) is 8.23. The van der Waals surface area contributed by atoms with E-state index in [1.54, 1.807) is 7.05 Å². The SMILES string of the molecule is CN=C(NCC1COc2ccccc2O1)NCC(CC(C)C)N(C)C. The molecule has 2 unspecified atom stereocenters. The molecule has 1 heterocycles. The van der Waals surface area contributed by atoms with E-state index in [-0.39, 0.29) is 6.10 Å². The predicted molar refractivity (Wildman–Crippen MR) is 103 cm³/mol. The molecule has 0 aromatic heterocycles. The number of para-hydroxylation sites is 2. The maximum Gasteiger partial charge on any atom is 0.191 e. The molecule has 0 saturated carbocycles. The number of aliphatic imine (C=N–C) groups is 1. The highest BCUT2D eigenvalue weighted by atomic mass is 16.6. The molecule has 0 spiro atoms. The summed E-state index contributed by atoms with van der Waals surface area (Å²) in [5.74, 6) is 3.06. The summed E-state index contributed by atoms with van der Waals surface area (Å²) in [5.41, 5.74) is 0. The fourth-order valence-electron chi connectivity index (χ4n) is 2.83. The minimum Gasteiger partial charge on any atom is -0.486 e. The molecular weight excluding hydrogens is 316 g/mol. The molecule has 1 aliphatic heterocycles. The fraction of sp³-hybridized carbons (Fsp3) is 0.632. The molecule has 1 aromatic rings. The molecule has 25 heavy (non-hydrogen) atoms. The van der Waals surface area contributed by atoms with Crippen molar-refractivity contribution in [2.45, 2.75) is 32.4 Å². The Balaban J connectivity index is 1.79. The van der Waals surface area contributed by atoms with Crippen LogP contribution in [0, 0.1) is 5.92 Å². The van der Waals surface area contributed by atoms with Gasteiger partial charge >= 0.3 is 0 Å². The van der Waals surface area contributed by atoms with Crippen molar-refractivity contribution in [2.75, 3.05) is 40.8 Å². The van der Waals surface area contributed by atoms with Gasteiger partial charge < -0.3 is 25.0 Å². The Morgan fingerprint density at radius 3 is 2.60 bits per heavy atom. The molecule has 0 amide bonds. The predicted octanol–water partition coefficient (Wildman–Crippen LogP) is 1.97. The fourth-order valence-corrected chi connectivity index (χ4v) is 2.83. The molecule has 6 nitrogen and oxygen atoms in total. The number of fused-ring (bicyclic) bond motifs is 1. The van der Waals surface area contributed by atoms with Crippen LogP contribution in [0.1, 0.15) is 20.3 Å². The summed E-state index contributed by atoms with van der Waals surface area (Å²) < 4.78 is 11.7. The lowest BCUT2D eigenvalue weighted by Crippen LogP contribution is -2.48. The van der Waals surface area contributed by atoms with E-state index in [2.05, 4.69) is 48.5 Å². The lowest BCUT2D eigenvalue weighted by Gasteiger charge is -2.28. The zero-order valence-electron chi connectivity index (χ0n) is 16.1. The number of hydrogen-bond donors (Lipinski definition) is 2. The van der Waals surface area contributed by atoms with Crippen LogP contribution in [0.4, 0.5) is 0 Å². The van der Waals surface area contributed by atoms with Gasteiger partial charge in [0.05, 0.1) is 6.54 Å². The third-order valence-corrected chi connectivity index (χ3v) is 4.27. The maximum atomic E-state index is 5.96. The smallest absolute Gasteiger partial charge is 0.191 e. The Bertz CT molecular complexity index is 560. The molecule has 140 valence electrons. The molecule has 0 aliphatic carbocycles. The summed E-state index contributed by atoms with van der Waals surface area (Å²) in [5, 5.41) is 6.75. The van der Waals surface area contributed by atoms with E-state index >= 15 is 0 Å². The molecule has 2 rings (SSSR count). The second kappa shape index (κ2) is 9.51. The number of likely N-dealkylation sites (N-methyl/N-ethyl adjacent to an activating group) is 1. The van der Waals surface area contributed by atoms with Crippen LogP contribution in [0.15, 0.2) is 29.3 Å². The maximum absolute atomic E-state index is 5.96. The number of guanidine groups is 1. The van der Waals surface area contributed by atoms with Crippen LogP contribution < -0.4 is 20.1 Å². The highest BCUT2D eigenvalue weighted by Crippen LogP contribution is 2.30. The van der Waals surface area contributed by atoms with Gasteiger partial charge in [-0.3, -0.25) is 4.99 Å². The Kier molecular flexibility index (Phi) is 7.37.